The van der Waals surface area contributed by atoms with Gasteiger partial charge in [0.1, 0.15) is 5.75 Å². The molecular formula is C25H26N2O5. The molecule has 2 N–H and O–H groups in total. The molecular weight excluding hydrogens is 408 g/mol. The standard InChI is InChI=1S/C25H26N2O5/c1-18-12-15-31-23(18)24(30)27-14-13-25(21(28)16-27,19-8-4-2-5-9-19)26-22(29)17-32-20-10-6-3-7-11-20/h2-12,15,21,28H,13-14,16-17H2,1H3,(H,26,29)/t21-,25+/m1/s1. The number of rotatable bonds is 6. The van der Waals surface area contributed by atoms with E-state index in [-0.39, 0.29) is 30.7 Å². The van der Waals surface area contributed by atoms with Crippen LogP contribution in [-0.4, -0.2) is 47.6 Å². The SMILES string of the molecule is Cc1ccoc1C(=O)N1CC[C@](NC(=O)COc2ccccc2)(c2ccccc2)[C@H](O)C1. The van der Waals surface area contributed by atoms with Gasteiger partial charge in [0.2, 0.25) is 0 Å². The Kier molecular flexibility index (Phi) is 6.28. The number of nitrogens with zero attached hydrogens (tertiary/aromatic N) is 1. The van der Waals surface area contributed by atoms with Crippen LogP contribution in [0.25, 0.3) is 0 Å². The quantitative estimate of drug-likeness (QED) is 0.623. The van der Waals surface area contributed by atoms with Crippen LogP contribution in [0.5, 0.6) is 5.75 Å². The Bertz CT molecular complexity index is 1070. The lowest BCUT2D eigenvalue weighted by molar-refractivity contribution is -0.128. The van der Waals surface area contributed by atoms with E-state index in [1.807, 2.05) is 48.5 Å². The molecule has 0 unspecified atom stereocenters. The predicted molar refractivity (Wildman–Crippen MR) is 118 cm³/mol. The van der Waals surface area contributed by atoms with E-state index in [1.165, 1.54) is 6.26 Å². The summed E-state index contributed by atoms with van der Waals surface area (Å²) in [5.41, 5.74) is 0.491. The average Bonchev–Trinajstić information content (AvgIpc) is 3.25. The van der Waals surface area contributed by atoms with Crippen LogP contribution in [0, 0.1) is 6.92 Å². The Labute approximate surface area is 186 Å². The maximum atomic E-state index is 12.9. The molecule has 2 heterocycles. The van der Waals surface area contributed by atoms with Crippen molar-refractivity contribution in [3.05, 3.63) is 89.9 Å². The number of nitrogens with one attached hydrogen (secondary N) is 1. The number of hydrogen-bond donors (Lipinski definition) is 2. The lowest BCUT2D eigenvalue weighted by Crippen LogP contribution is -2.63. The first-order chi connectivity index (χ1) is 15.5. The highest BCUT2D eigenvalue weighted by molar-refractivity contribution is 5.93. The van der Waals surface area contributed by atoms with Gasteiger partial charge in [0, 0.05) is 18.7 Å². The highest BCUT2D eigenvalue weighted by Crippen LogP contribution is 2.34. The molecule has 2 amide bonds. The van der Waals surface area contributed by atoms with Gasteiger partial charge in [0.05, 0.1) is 17.9 Å². The molecule has 0 radical (unpaired) electrons. The first kappa shape index (κ1) is 21.6. The van der Waals surface area contributed by atoms with Gasteiger partial charge in [-0.2, -0.15) is 0 Å². The second-order valence-corrected chi connectivity index (χ2v) is 7.94. The number of benzene rings is 2. The third kappa shape index (κ3) is 4.38. The van der Waals surface area contributed by atoms with Crippen molar-refractivity contribution in [2.24, 2.45) is 0 Å². The van der Waals surface area contributed by atoms with Crippen LogP contribution in [-0.2, 0) is 10.3 Å². The van der Waals surface area contributed by atoms with Gasteiger partial charge >= 0.3 is 0 Å². The fourth-order valence-electron chi connectivity index (χ4n) is 4.09. The monoisotopic (exact) mass is 434 g/mol. The maximum Gasteiger partial charge on any atom is 0.289 e. The summed E-state index contributed by atoms with van der Waals surface area (Å²) in [6.45, 7) is 2.04. The third-order valence-corrected chi connectivity index (χ3v) is 5.85. The Balaban J connectivity index is 1.52. The first-order valence-electron chi connectivity index (χ1n) is 10.6. The fourth-order valence-corrected chi connectivity index (χ4v) is 4.09. The zero-order valence-electron chi connectivity index (χ0n) is 17.9. The van der Waals surface area contributed by atoms with Gasteiger partial charge in [-0.05, 0) is 37.1 Å². The number of carbonyl (C=O) groups is 2. The molecule has 2 aromatic carbocycles. The van der Waals surface area contributed by atoms with E-state index in [9.17, 15) is 14.7 Å². The number of ether oxygens (including phenoxy) is 1. The summed E-state index contributed by atoms with van der Waals surface area (Å²) >= 11 is 0. The Hall–Kier alpha value is -3.58. The molecule has 0 spiro atoms. The molecule has 7 heteroatoms. The van der Waals surface area contributed by atoms with Crippen LogP contribution in [0.3, 0.4) is 0 Å². The lowest BCUT2D eigenvalue weighted by atomic mass is 9.78. The topological polar surface area (TPSA) is 92.0 Å². The number of β-amino-alcohol motifs (C(OH)–C–C–N with tert-alkyl or cyclic N) is 1. The number of aryl methyl sites for hydroxylation is 1. The van der Waals surface area contributed by atoms with E-state index in [0.717, 1.165) is 11.1 Å². The molecule has 3 aromatic rings. The van der Waals surface area contributed by atoms with Gasteiger partial charge in [-0.1, -0.05) is 48.5 Å². The molecule has 1 fully saturated rings. The van der Waals surface area contributed by atoms with E-state index in [4.69, 9.17) is 9.15 Å². The first-order valence-corrected chi connectivity index (χ1v) is 10.6. The number of furan rings is 1. The smallest absolute Gasteiger partial charge is 0.289 e. The molecule has 1 aliphatic rings. The molecule has 166 valence electrons. The van der Waals surface area contributed by atoms with Crippen molar-refractivity contribution < 1.29 is 23.8 Å². The van der Waals surface area contributed by atoms with E-state index in [2.05, 4.69) is 5.32 Å². The molecule has 0 bridgehead atoms. The molecule has 2 atom stereocenters. The number of aliphatic hydroxyl groups is 1. The van der Waals surface area contributed by atoms with Crippen molar-refractivity contribution in [2.45, 2.75) is 25.0 Å². The van der Waals surface area contributed by atoms with E-state index >= 15 is 0 Å². The molecule has 1 saturated heterocycles. The van der Waals surface area contributed by atoms with Crippen LogP contribution >= 0.6 is 0 Å². The van der Waals surface area contributed by atoms with Gasteiger partial charge in [-0.25, -0.2) is 0 Å². The highest BCUT2D eigenvalue weighted by Gasteiger charge is 2.46. The Morgan fingerprint density at radius 1 is 1.12 bits per heavy atom. The third-order valence-electron chi connectivity index (χ3n) is 5.85. The molecule has 4 rings (SSSR count). The van der Waals surface area contributed by atoms with Crippen LogP contribution in [0.4, 0.5) is 0 Å². The summed E-state index contributed by atoms with van der Waals surface area (Å²) in [6, 6.07) is 20.1. The van der Waals surface area contributed by atoms with Crippen LogP contribution in [0.2, 0.25) is 0 Å². The fraction of sp³-hybridized carbons (Fsp3) is 0.280. The van der Waals surface area contributed by atoms with Crippen molar-refractivity contribution in [1.29, 1.82) is 0 Å². The number of amides is 2. The number of carbonyl (C=O) groups excluding carboxylic acids is 2. The van der Waals surface area contributed by atoms with Gasteiger partial charge < -0.3 is 24.5 Å². The summed E-state index contributed by atoms with van der Waals surface area (Å²) in [7, 11) is 0. The summed E-state index contributed by atoms with van der Waals surface area (Å²) in [5, 5.41) is 14.2. The number of piperidine rings is 1. The summed E-state index contributed by atoms with van der Waals surface area (Å²) < 4.78 is 10.9. The maximum absolute atomic E-state index is 12.9. The Morgan fingerprint density at radius 3 is 2.44 bits per heavy atom. The summed E-state index contributed by atoms with van der Waals surface area (Å²) in [4.78, 5) is 27.2. The minimum atomic E-state index is -1.03. The summed E-state index contributed by atoms with van der Waals surface area (Å²) in [6.07, 6.45) is 0.809. The van der Waals surface area contributed by atoms with Crippen LogP contribution in [0.1, 0.15) is 28.1 Å². The van der Waals surface area contributed by atoms with Gasteiger partial charge in [0.25, 0.3) is 11.8 Å². The second kappa shape index (κ2) is 9.28. The summed E-state index contributed by atoms with van der Waals surface area (Å²) in [5.74, 6) is 0.237. The van der Waals surface area contributed by atoms with E-state index in [0.29, 0.717) is 18.7 Å². The average molecular weight is 434 g/mol. The minimum absolute atomic E-state index is 0.0632. The van der Waals surface area contributed by atoms with E-state index in [1.54, 1.807) is 30.0 Å². The van der Waals surface area contributed by atoms with Crippen molar-refractivity contribution in [3.8, 4) is 5.75 Å². The minimum Gasteiger partial charge on any atom is -0.484 e. The van der Waals surface area contributed by atoms with Gasteiger partial charge in [-0.15, -0.1) is 0 Å². The zero-order chi connectivity index (χ0) is 22.6. The molecule has 0 aliphatic carbocycles. The van der Waals surface area contributed by atoms with Crippen molar-refractivity contribution in [2.75, 3.05) is 19.7 Å². The Morgan fingerprint density at radius 2 is 1.81 bits per heavy atom. The molecule has 1 aromatic heterocycles. The lowest BCUT2D eigenvalue weighted by Gasteiger charge is -2.46. The molecule has 7 nitrogen and oxygen atoms in total. The molecule has 32 heavy (non-hydrogen) atoms. The van der Waals surface area contributed by atoms with Crippen LogP contribution < -0.4 is 10.1 Å². The largest absolute Gasteiger partial charge is 0.484 e. The number of para-hydroxylation sites is 1. The number of likely N-dealkylation sites (tertiary alicyclic amines) is 1. The molecule has 1 aliphatic heterocycles. The van der Waals surface area contributed by atoms with Gasteiger partial charge in [0.15, 0.2) is 12.4 Å². The van der Waals surface area contributed by atoms with Crippen molar-refractivity contribution >= 4 is 11.8 Å². The van der Waals surface area contributed by atoms with E-state index < -0.39 is 11.6 Å². The number of hydrogen-bond acceptors (Lipinski definition) is 5. The second-order valence-electron chi connectivity index (χ2n) is 7.94. The molecule has 0 saturated carbocycles. The van der Waals surface area contributed by atoms with Crippen molar-refractivity contribution in [3.63, 3.8) is 0 Å². The van der Waals surface area contributed by atoms with Crippen molar-refractivity contribution in [1.82, 2.24) is 10.2 Å². The van der Waals surface area contributed by atoms with Crippen LogP contribution in [0.15, 0.2) is 77.4 Å². The highest BCUT2D eigenvalue weighted by atomic mass is 16.5. The normalized spacial score (nSPS) is 20.6. The van der Waals surface area contributed by atoms with Gasteiger partial charge in [-0.3, -0.25) is 9.59 Å². The zero-order valence-corrected chi connectivity index (χ0v) is 17.9. The predicted octanol–water partition coefficient (Wildman–Crippen LogP) is 2.89. The number of aliphatic hydroxyl groups excluding tert-OH is 1.